The van der Waals surface area contributed by atoms with Crippen molar-refractivity contribution in [1.29, 1.82) is 0 Å². The normalized spacial score (nSPS) is 16.9. The van der Waals surface area contributed by atoms with Crippen LogP contribution in [0.15, 0.2) is 30.3 Å². The van der Waals surface area contributed by atoms with Gasteiger partial charge in [-0.25, -0.2) is 4.79 Å². The van der Waals surface area contributed by atoms with Crippen LogP contribution in [0.2, 0.25) is 0 Å². The van der Waals surface area contributed by atoms with Crippen LogP contribution in [-0.2, 0) is 24.1 Å². The molecule has 2 aromatic rings. The number of carbonyl (C=O) groups excluding carboxylic acids is 1. The fourth-order valence-electron chi connectivity index (χ4n) is 4.10. The average molecular weight is 430 g/mol. The Morgan fingerprint density at radius 3 is 2.59 bits per heavy atom. The molecule has 0 radical (unpaired) electrons. The van der Waals surface area contributed by atoms with Crippen LogP contribution in [0.3, 0.4) is 0 Å². The molecule has 7 heteroatoms. The quantitative estimate of drug-likeness (QED) is 0.587. The molecule has 1 aliphatic heterocycles. The number of thiocarbonyl (C=S) groups is 1. The summed E-state index contributed by atoms with van der Waals surface area (Å²) in [6, 6.07) is 10.6. The largest absolute Gasteiger partial charge is 0.465 e. The summed E-state index contributed by atoms with van der Waals surface area (Å²) in [6.45, 7) is 4.69. The first kappa shape index (κ1) is 20.3. The Balaban J connectivity index is 1.39. The van der Waals surface area contributed by atoms with E-state index in [1.165, 1.54) is 24.0 Å². The Kier molecular flexibility index (Phi) is 6.47. The number of ether oxygens (including phenoxy) is 1. The molecule has 1 N–H and O–H groups in total. The van der Waals surface area contributed by atoms with Gasteiger partial charge >= 0.3 is 5.97 Å². The average Bonchev–Trinajstić information content (AvgIpc) is 3.12. The van der Waals surface area contributed by atoms with Gasteiger partial charge in [-0.05, 0) is 49.0 Å². The number of rotatable bonds is 4. The van der Waals surface area contributed by atoms with Crippen LogP contribution >= 0.6 is 23.6 Å². The van der Waals surface area contributed by atoms with Crippen molar-refractivity contribution in [3.8, 4) is 0 Å². The van der Waals surface area contributed by atoms with Gasteiger partial charge < -0.3 is 15.0 Å². The molecule has 0 unspecified atom stereocenters. The maximum atomic E-state index is 12.4. The lowest BCUT2D eigenvalue weighted by atomic mass is 9.95. The molecule has 29 heavy (non-hydrogen) atoms. The molecule has 1 saturated heterocycles. The first-order valence-corrected chi connectivity index (χ1v) is 11.4. The van der Waals surface area contributed by atoms with E-state index in [9.17, 15) is 4.79 Å². The number of aryl methyl sites for hydroxylation is 1. The van der Waals surface area contributed by atoms with Gasteiger partial charge in [-0.15, -0.1) is 11.3 Å². The highest BCUT2D eigenvalue weighted by Gasteiger charge is 2.27. The number of anilines is 1. The van der Waals surface area contributed by atoms with Crippen molar-refractivity contribution < 1.29 is 9.53 Å². The highest BCUT2D eigenvalue weighted by molar-refractivity contribution is 7.80. The minimum Gasteiger partial charge on any atom is -0.465 e. The summed E-state index contributed by atoms with van der Waals surface area (Å²) in [7, 11) is 1.45. The lowest BCUT2D eigenvalue weighted by Gasteiger charge is -2.36. The Morgan fingerprint density at radius 1 is 1.14 bits per heavy atom. The third-order valence-corrected chi connectivity index (χ3v) is 7.26. The monoisotopic (exact) mass is 429 g/mol. The van der Waals surface area contributed by atoms with Gasteiger partial charge in [0.2, 0.25) is 0 Å². The minimum absolute atomic E-state index is 0.262. The number of benzene rings is 1. The second-order valence-electron chi connectivity index (χ2n) is 7.59. The van der Waals surface area contributed by atoms with Crippen LogP contribution in [-0.4, -0.2) is 54.2 Å². The number of hydrogen-bond acceptors (Lipinski definition) is 5. The molecule has 0 atom stereocenters. The molecule has 0 amide bonds. The van der Waals surface area contributed by atoms with E-state index in [-0.39, 0.29) is 5.97 Å². The summed E-state index contributed by atoms with van der Waals surface area (Å²) in [5.74, 6) is -0.262. The fraction of sp³-hybridized carbons (Fsp3) is 0.455. The zero-order valence-corrected chi connectivity index (χ0v) is 18.4. The van der Waals surface area contributed by atoms with Crippen molar-refractivity contribution >= 4 is 39.6 Å². The molecular formula is C22H27N3O2S2. The van der Waals surface area contributed by atoms with E-state index in [1.807, 2.05) is 0 Å². The molecule has 4 rings (SSSR count). The van der Waals surface area contributed by atoms with Gasteiger partial charge in [0.05, 0.1) is 12.7 Å². The third-order valence-electron chi connectivity index (χ3n) is 5.69. The number of hydrogen-bond donors (Lipinski definition) is 1. The van der Waals surface area contributed by atoms with Gasteiger partial charge in [-0.1, -0.05) is 30.3 Å². The number of nitrogens with zero attached hydrogens (tertiary/aromatic N) is 2. The van der Waals surface area contributed by atoms with Gasteiger partial charge in [0, 0.05) is 37.6 Å². The molecule has 5 nitrogen and oxygen atoms in total. The maximum Gasteiger partial charge on any atom is 0.341 e. The summed E-state index contributed by atoms with van der Waals surface area (Å²) in [5, 5.41) is 4.92. The second kappa shape index (κ2) is 9.24. The third kappa shape index (κ3) is 4.63. The minimum atomic E-state index is -0.262. The first-order chi connectivity index (χ1) is 14.2. The molecular weight excluding hydrogens is 402 g/mol. The summed E-state index contributed by atoms with van der Waals surface area (Å²) in [4.78, 5) is 18.4. The number of thiophene rings is 1. The molecule has 0 spiro atoms. The van der Waals surface area contributed by atoms with E-state index in [0.717, 1.165) is 62.6 Å². The molecule has 1 fully saturated rings. The number of methoxy groups -OCH3 is 1. The van der Waals surface area contributed by atoms with Crippen LogP contribution in [0.4, 0.5) is 5.00 Å². The molecule has 1 aromatic heterocycles. The van der Waals surface area contributed by atoms with Crippen LogP contribution in [0, 0.1) is 0 Å². The Morgan fingerprint density at radius 2 is 1.86 bits per heavy atom. The van der Waals surface area contributed by atoms with E-state index in [1.54, 1.807) is 11.3 Å². The second-order valence-corrected chi connectivity index (χ2v) is 9.08. The SMILES string of the molecule is COC(=O)c1c(NC(=S)N2CCN(Cc3ccccc3)CC2)sc2c1CCCC2. The fourth-order valence-corrected chi connectivity index (χ4v) is 5.72. The van der Waals surface area contributed by atoms with Crippen molar-refractivity contribution in [3.05, 3.63) is 51.9 Å². The van der Waals surface area contributed by atoms with Gasteiger partial charge in [-0.2, -0.15) is 0 Å². The van der Waals surface area contributed by atoms with Crippen molar-refractivity contribution in [2.45, 2.75) is 32.2 Å². The predicted molar refractivity (Wildman–Crippen MR) is 122 cm³/mol. The molecule has 2 aliphatic rings. The highest BCUT2D eigenvalue weighted by atomic mass is 32.1. The number of carbonyl (C=O) groups is 1. The summed E-state index contributed by atoms with van der Waals surface area (Å²) in [6.07, 6.45) is 4.29. The maximum absolute atomic E-state index is 12.4. The number of esters is 1. The molecule has 0 bridgehead atoms. The lowest BCUT2D eigenvalue weighted by Crippen LogP contribution is -2.49. The van der Waals surface area contributed by atoms with E-state index >= 15 is 0 Å². The van der Waals surface area contributed by atoms with Crippen LogP contribution in [0.25, 0.3) is 0 Å². The summed E-state index contributed by atoms with van der Waals surface area (Å²) in [5.41, 5.74) is 3.19. The zero-order valence-electron chi connectivity index (χ0n) is 16.8. The molecule has 0 saturated carbocycles. The summed E-state index contributed by atoms with van der Waals surface area (Å²) >= 11 is 7.36. The molecule has 154 valence electrons. The van der Waals surface area contributed by atoms with E-state index in [4.69, 9.17) is 17.0 Å². The van der Waals surface area contributed by atoms with Crippen molar-refractivity contribution in [3.63, 3.8) is 0 Å². The van der Waals surface area contributed by atoms with E-state index < -0.39 is 0 Å². The smallest absolute Gasteiger partial charge is 0.341 e. The molecule has 2 heterocycles. The molecule has 1 aromatic carbocycles. The van der Waals surface area contributed by atoms with Crippen LogP contribution in [0.5, 0.6) is 0 Å². The highest BCUT2D eigenvalue weighted by Crippen LogP contribution is 2.38. The van der Waals surface area contributed by atoms with Gasteiger partial charge in [0.15, 0.2) is 5.11 Å². The van der Waals surface area contributed by atoms with Crippen LogP contribution < -0.4 is 5.32 Å². The van der Waals surface area contributed by atoms with Gasteiger partial charge in [0.1, 0.15) is 5.00 Å². The Bertz CT molecular complexity index is 874. The first-order valence-electron chi connectivity index (χ1n) is 10.2. The van der Waals surface area contributed by atoms with Gasteiger partial charge in [-0.3, -0.25) is 4.90 Å². The van der Waals surface area contributed by atoms with E-state index in [2.05, 4.69) is 45.4 Å². The zero-order chi connectivity index (χ0) is 20.2. The predicted octanol–water partition coefficient (Wildman–Crippen LogP) is 3.93. The lowest BCUT2D eigenvalue weighted by molar-refractivity contribution is 0.0601. The van der Waals surface area contributed by atoms with E-state index in [0.29, 0.717) is 10.7 Å². The standard InChI is InChI=1S/C22H27N3O2S2/c1-27-21(26)19-17-9-5-6-10-18(17)29-20(19)23-22(28)25-13-11-24(12-14-25)15-16-7-3-2-4-8-16/h2-4,7-8H,5-6,9-15H2,1H3,(H,23,28). The molecule has 1 aliphatic carbocycles. The van der Waals surface area contributed by atoms with Gasteiger partial charge in [0.25, 0.3) is 0 Å². The summed E-state index contributed by atoms with van der Waals surface area (Å²) < 4.78 is 5.06. The number of piperazine rings is 1. The van der Waals surface area contributed by atoms with Crippen LogP contribution in [0.1, 0.15) is 39.2 Å². The number of fused-ring (bicyclic) bond motifs is 1. The topological polar surface area (TPSA) is 44.8 Å². The van der Waals surface area contributed by atoms with Crippen molar-refractivity contribution in [2.24, 2.45) is 0 Å². The Labute approximate surface area is 181 Å². The number of nitrogens with one attached hydrogen (secondary N) is 1. The van der Waals surface area contributed by atoms with Crippen molar-refractivity contribution in [2.75, 3.05) is 38.6 Å². The Hall–Kier alpha value is -1.96. The van der Waals surface area contributed by atoms with Crippen molar-refractivity contribution in [1.82, 2.24) is 9.80 Å².